The zero-order valence-electron chi connectivity index (χ0n) is 19.4. The molecule has 1 fully saturated rings. The zero-order chi connectivity index (χ0) is 23.3. The molecule has 2 aromatic carbocycles. The van der Waals surface area contributed by atoms with Crippen LogP contribution in [0.4, 0.5) is 0 Å². The van der Waals surface area contributed by atoms with E-state index in [4.69, 9.17) is 10.8 Å². The highest BCUT2D eigenvalue weighted by atomic mass is 16.4. The van der Waals surface area contributed by atoms with Crippen molar-refractivity contribution in [3.05, 3.63) is 70.8 Å². The van der Waals surface area contributed by atoms with Gasteiger partial charge in [-0.2, -0.15) is 0 Å². The molecule has 1 amide bonds. The molecule has 0 radical (unpaired) electrons. The number of rotatable bonds is 8. The highest BCUT2D eigenvalue weighted by Gasteiger charge is 2.32. The summed E-state index contributed by atoms with van der Waals surface area (Å²) in [6, 6.07) is 14.8. The highest BCUT2D eigenvalue weighted by Crippen LogP contribution is 2.43. The Hall–Kier alpha value is -2.66. The molecule has 5 heteroatoms. The van der Waals surface area contributed by atoms with Crippen LogP contribution in [0.15, 0.2) is 48.5 Å². The predicted octanol–water partition coefficient (Wildman–Crippen LogP) is 4.68. The van der Waals surface area contributed by atoms with E-state index < -0.39 is 12.0 Å². The second kappa shape index (κ2) is 10.3. The number of carboxylic acid groups (broad SMARTS) is 1. The van der Waals surface area contributed by atoms with Crippen molar-refractivity contribution in [1.29, 1.82) is 0 Å². The first-order valence-corrected chi connectivity index (χ1v) is 11.6. The van der Waals surface area contributed by atoms with E-state index >= 15 is 0 Å². The number of aliphatic carboxylic acids is 1. The summed E-state index contributed by atoms with van der Waals surface area (Å²) < 4.78 is 0. The summed E-state index contributed by atoms with van der Waals surface area (Å²) in [5, 5.41) is 12.1. The molecule has 0 aliphatic heterocycles. The van der Waals surface area contributed by atoms with Crippen LogP contribution in [0.1, 0.15) is 72.5 Å². The minimum absolute atomic E-state index is 0.104. The highest BCUT2D eigenvalue weighted by molar-refractivity contribution is 5.94. The van der Waals surface area contributed by atoms with Crippen LogP contribution in [-0.4, -0.2) is 29.6 Å². The van der Waals surface area contributed by atoms with Gasteiger partial charge in [0.15, 0.2) is 0 Å². The van der Waals surface area contributed by atoms with Gasteiger partial charge in [0.2, 0.25) is 0 Å². The van der Waals surface area contributed by atoms with Crippen LogP contribution in [0.2, 0.25) is 0 Å². The Bertz CT molecular complexity index is 909. The van der Waals surface area contributed by atoms with Gasteiger partial charge in [-0.05, 0) is 73.6 Å². The average molecular weight is 437 g/mol. The fourth-order valence-corrected chi connectivity index (χ4v) is 4.63. The van der Waals surface area contributed by atoms with E-state index in [1.807, 2.05) is 0 Å². The quantitative estimate of drug-likeness (QED) is 0.560. The number of carbonyl (C=O) groups excluding carboxylic acids is 1. The number of carbonyl (C=O) groups is 2. The van der Waals surface area contributed by atoms with Crippen molar-refractivity contribution in [3.63, 3.8) is 0 Å². The lowest BCUT2D eigenvalue weighted by Gasteiger charge is -2.38. The van der Waals surface area contributed by atoms with Crippen molar-refractivity contribution in [3.8, 4) is 0 Å². The van der Waals surface area contributed by atoms with Gasteiger partial charge in [-0.15, -0.1) is 0 Å². The van der Waals surface area contributed by atoms with Crippen molar-refractivity contribution < 1.29 is 14.7 Å². The molecule has 0 heterocycles. The Labute approximate surface area is 191 Å². The maximum Gasteiger partial charge on any atom is 0.320 e. The number of hydrogen-bond acceptors (Lipinski definition) is 3. The lowest BCUT2D eigenvalue weighted by atomic mass is 9.68. The summed E-state index contributed by atoms with van der Waals surface area (Å²) in [6.45, 7) is 7.40. The molecule has 2 aromatic rings. The number of amides is 1. The Kier molecular flexibility index (Phi) is 7.73. The summed E-state index contributed by atoms with van der Waals surface area (Å²) in [7, 11) is 0. The molecule has 0 aromatic heterocycles. The fraction of sp³-hybridized carbons (Fsp3) is 0.481. The van der Waals surface area contributed by atoms with Gasteiger partial charge in [0.05, 0.1) is 0 Å². The molecule has 5 nitrogen and oxygen atoms in total. The second-order valence-electron chi connectivity index (χ2n) is 10.1. The molecule has 32 heavy (non-hydrogen) atoms. The van der Waals surface area contributed by atoms with E-state index in [0.29, 0.717) is 29.4 Å². The Morgan fingerprint density at radius 1 is 1.06 bits per heavy atom. The minimum atomic E-state index is -1.03. The van der Waals surface area contributed by atoms with Crippen LogP contribution in [0.25, 0.3) is 0 Å². The third-order valence-corrected chi connectivity index (χ3v) is 6.93. The molecule has 0 bridgehead atoms. The lowest BCUT2D eigenvalue weighted by molar-refractivity contribution is -0.138. The third kappa shape index (κ3) is 6.42. The smallest absolute Gasteiger partial charge is 0.320 e. The van der Waals surface area contributed by atoms with Gasteiger partial charge in [-0.1, -0.05) is 55.8 Å². The van der Waals surface area contributed by atoms with Gasteiger partial charge in [-0.25, -0.2) is 0 Å². The van der Waals surface area contributed by atoms with Gasteiger partial charge in [-0.3, -0.25) is 9.59 Å². The van der Waals surface area contributed by atoms with Crippen LogP contribution < -0.4 is 11.1 Å². The number of nitrogens with two attached hydrogens (primary N) is 1. The first-order valence-electron chi connectivity index (χ1n) is 11.6. The Morgan fingerprint density at radius 2 is 1.66 bits per heavy atom. The third-order valence-electron chi connectivity index (χ3n) is 6.93. The number of aryl methyl sites for hydroxylation is 1. The van der Waals surface area contributed by atoms with Gasteiger partial charge in [0, 0.05) is 18.0 Å². The first-order chi connectivity index (χ1) is 15.1. The maximum absolute atomic E-state index is 12.8. The molecule has 172 valence electrons. The molecule has 1 aliphatic carbocycles. The number of benzene rings is 2. The van der Waals surface area contributed by atoms with Gasteiger partial charge >= 0.3 is 5.97 Å². The van der Waals surface area contributed by atoms with Crippen LogP contribution in [0, 0.1) is 18.3 Å². The van der Waals surface area contributed by atoms with Crippen LogP contribution >= 0.6 is 0 Å². The van der Waals surface area contributed by atoms with E-state index in [0.717, 1.165) is 5.56 Å². The molecule has 3 rings (SSSR count). The molecule has 2 atom stereocenters. The number of carboxylic acids is 1. The Balaban J connectivity index is 1.66. The van der Waals surface area contributed by atoms with Crippen molar-refractivity contribution in [1.82, 2.24) is 5.32 Å². The molecule has 0 saturated heterocycles. The van der Waals surface area contributed by atoms with Crippen molar-refractivity contribution >= 4 is 11.9 Å². The summed E-state index contributed by atoms with van der Waals surface area (Å²) in [5.41, 5.74) is 9.91. The zero-order valence-corrected chi connectivity index (χ0v) is 19.4. The lowest BCUT2D eigenvalue weighted by Crippen LogP contribution is -2.34. The monoisotopic (exact) mass is 436 g/mol. The normalized spacial score (nSPS) is 18.0. The molecule has 1 saturated carbocycles. The first kappa shape index (κ1) is 24.0. The van der Waals surface area contributed by atoms with E-state index in [1.165, 1.54) is 36.8 Å². The summed E-state index contributed by atoms with van der Waals surface area (Å²) in [5.74, 6) is -0.276. The van der Waals surface area contributed by atoms with Gasteiger partial charge in [0.1, 0.15) is 6.04 Å². The topological polar surface area (TPSA) is 92.4 Å². The van der Waals surface area contributed by atoms with Crippen molar-refractivity contribution in [2.45, 2.75) is 64.8 Å². The molecular weight excluding hydrogens is 400 g/mol. The molecule has 4 N–H and O–H groups in total. The van der Waals surface area contributed by atoms with Crippen LogP contribution in [0.5, 0.6) is 0 Å². The average Bonchev–Trinajstić information content (AvgIpc) is 2.76. The second-order valence-corrected chi connectivity index (χ2v) is 10.1. The van der Waals surface area contributed by atoms with E-state index in [-0.39, 0.29) is 12.3 Å². The van der Waals surface area contributed by atoms with E-state index in [1.54, 1.807) is 24.3 Å². The molecular formula is C27H36N2O3. The van der Waals surface area contributed by atoms with Crippen LogP contribution in [-0.2, 0) is 11.2 Å². The SMILES string of the molecule is Cc1ccc([C@H](CNC(=O)c2ccc(CC(N)C(=O)O)cc2)C2CCC(C)(C)CC2)cc1. The van der Waals surface area contributed by atoms with E-state index in [2.05, 4.69) is 50.4 Å². The molecule has 1 aliphatic rings. The molecule has 0 spiro atoms. The number of hydrogen-bond donors (Lipinski definition) is 3. The summed E-state index contributed by atoms with van der Waals surface area (Å²) in [4.78, 5) is 23.8. The predicted molar refractivity (Wildman–Crippen MR) is 128 cm³/mol. The molecule has 1 unspecified atom stereocenters. The number of nitrogens with one attached hydrogen (secondary N) is 1. The van der Waals surface area contributed by atoms with Crippen molar-refractivity contribution in [2.24, 2.45) is 17.1 Å². The Morgan fingerprint density at radius 3 is 2.22 bits per heavy atom. The summed E-state index contributed by atoms with van der Waals surface area (Å²) in [6.07, 6.45) is 5.03. The largest absolute Gasteiger partial charge is 0.480 e. The maximum atomic E-state index is 12.8. The van der Waals surface area contributed by atoms with Gasteiger partial charge in [0.25, 0.3) is 5.91 Å². The standard InChI is InChI=1S/C27H36N2O3/c1-18-4-8-20(9-5-18)23(21-12-14-27(2,3)15-13-21)17-29-25(30)22-10-6-19(7-11-22)16-24(28)26(31)32/h4-11,21,23-24H,12-17,28H2,1-3H3,(H,29,30)(H,31,32)/t23-,24?/m0/s1. The van der Waals surface area contributed by atoms with Gasteiger partial charge < -0.3 is 16.2 Å². The van der Waals surface area contributed by atoms with Crippen LogP contribution in [0.3, 0.4) is 0 Å². The van der Waals surface area contributed by atoms with E-state index in [9.17, 15) is 9.59 Å². The van der Waals surface area contributed by atoms with Crippen molar-refractivity contribution in [2.75, 3.05) is 6.54 Å². The fourth-order valence-electron chi connectivity index (χ4n) is 4.63. The summed E-state index contributed by atoms with van der Waals surface area (Å²) >= 11 is 0. The minimum Gasteiger partial charge on any atom is -0.480 e.